The summed E-state index contributed by atoms with van der Waals surface area (Å²) in [5, 5.41) is 3.31. The molecule has 0 saturated carbocycles. The van der Waals surface area contributed by atoms with Crippen LogP contribution in [0.3, 0.4) is 0 Å². The van der Waals surface area contributed by atoms with Gasteiger partial charge in [-0.1, -0.05) is 24.3 Å². The third-order valence-electron chi connectivity index (χ3n) is 3.53. The molecule has 0 aliphatic heterocycles. The summed E-state index contributed by atoms with van der Waals surface area (Å²) in [6.45, 7) is 4.06. The maximum atomic E-state index is 13.5. The third-order valence-corrected chi connectivity index (χ3v) is 4.71. The monoisotopic (exact) mass is 377 g/mol. The summed E-state index contributed by atoms with van der Waals surface area (Å²) < 4.78 is 13.5. The van der Waals surface area contributed by atoms with Crippen LogP contribution in [0.15, 0.2) is 42.5 Å². The Morgan fingerprint density at radius 1 is 1.12 bits per heavy atom. The highest BCUT2D eigenvalue weighted by molar-refractivity contribution is 7.99. The van der Waals surface area contributed by atoms with Gasteiger partial charge in [-0.15, -0.1) is 11.8 Å². The number of thiocarbonyl (C=S) groups is 1. The van der Waals surface area contributed by atoms with E-state index in [0.717, 1.165) is 11.3 Å². The van der Waals surface area contributed by atoms with Crippen molar-refractivity contribution < 1.29 is 9.18 Å². The van der Waals surface area contributed by atoms with E-state index < -0.39 is 0 Å². The Morgan fingerprint density at radius 2 is 1.88 bits per heavy atom. The summed E-state index contributed by atoms with van der Waals surface area (Å²) >= 11 is 6.48. The molecule has 0 saturated heterocycles. The van der Waals surface area contributed by atoms with Crippen molar-refractivity contribution in [2.75, 3.05) is 11.1 Å². The Bertz CT molecular complexity index is 768. The van der Waals surface area contributed by atoms with E-state index in [1.54, 1.807) is 18.2 Å². The Morgan fingerprint density at radius 3 is 2.60 bits per heavy atom. The van der Waals surface area contributed by atoms with Crippen molar-refractivity contribution in [3.8, 4) is 0 Å². The minimum absolute atomic E-state index is 0.202. The van der Waals surface area contributed by atoms with Crippen LogP contribution in [0.25, 0.3) is 0 Å². The van der Waals surface area contributed by atoms with Gasteiger partial charge in [-0.25, -0.2) is 4.39 Å². The molecule has 0 heterocycles. The van der Waals surface area contributed by atoms with Crippen LogP contribution in [0, 0.1) is 19.7 Å². The molecule has 2 aromatic carbocycles. The smallest absolute Gasteiger partial charge is 0.248 e. The van der Waals surface area contributed by atoms with Crippen LogP contribution in [0.1, 0.15) is 16.7 Å². The first-order valence-corrected chi connectivity index (χ1v) is 9.26. The number of hydrazine groups is 1. The van der Waals surface area contributed by atoms with Gasteiger partial charge >= 0.3 is 0 Å². The summed E-state index contributed by atoms with van der Waals surface area (Å²) in [5.41, 5.74) is 8.97. The maximum Gasteiger partial charge on any atom is 0.248 e. The number of hydrogen-bond acceptors (Lipinski definition) is 3. The lowest BCUT2D eigenvalue weighted by Crippen LogP contribution is -2.44. The Labute approximate surface area is 156 Å². The SMILES string of the molecule is Cc1ccc(NC(=S)NNC(=O)CSCc2ccccc2F)cc1C. The summed E-state index contributed by atoms with van der Waals surface area (Å²) in [6, 6.07) is 12.4. The number of halogens is 1. The van der Waals surface area contributed by atoms with Crippen LogP contribution in [0.2, 0.25) is 0 Å². The lowest BCUT2D eigenvalue weighted by Gasteiger charge is -2.12. The maximum absolute atomic E-state index is 13.5. The molecule has 7 heteroatoms. The van der Waals surface area contributed by atoms with Crippen molar-refractivity contribution in [2.45, 2.75) is 19.6 Å². The number of anilines is 1. The van der Waals surface area contributed by atoms with E-state index in [2.05, 4.69) is 16.2 Å². The fourth-order valence-electron chi connectivity index (χ4n) is 2.01. The lowest BCUT2D eigenvalue weighted by molar-refractivity contribution is -0.119. The fourth-order valence-corrected chi connectivity index (χ4v) is 3.00. The molecule has 0 bridgehead atoms. The van der Waals surface area contributed by atoms with Crippen LogP contribution in [0.5, 0.6) is 0 Å². The first kappa shape index (κ1) is 19.2. The van der Waals surface area contributed by atoms with Crippen molar-refractivity contribution in [1.82, 2.24) is 10.9 Å². The molecule has 0 atom stereocenters. The molecular formula is C18H20FN3OS2. The first-order valence-electron chi connectivity index (χ1n) is 7.70. The van der Waals surface area contributed by atoms with Gasteiger partial charge in [-0.2, -0.15) is 0 Å². The van der Waals surface area contributed by atoms with Crippen LogP contribution in [-0.4, -0.2) is 16.8 Å². The quantitative estimate of drug-likeness (QED) is 0.548. The van der Waals surface area contributed by atoms with Crippen molar-refractivity contribution >= 4 is 40.7 Å². The van der Waals surface area contributed by atoms with Gasteiger partial charge in [0.2, 0.25) is 5.91 Å². The molecule has 3 N–H and O–H groups in total. The van der Waals surface area contributed by atoms with Crippen molar-refractivity contribution in [3.63, 3.8) is 0 Å². The number of rotatable bonds is 5. The number of nitrogens with one attached hydrogen (secondary N) is 3. The van der Waals surface area contributed by atoms with Gasteiger partial charge in [0, 0.05) is 11.4 Å². The minimum atomic E-state index is -0.257. The zero-order chi connectivity index (χ0) is 18.2. The molecule has 0 aromatic heterocycles. The van der Waals surface area contributed by atoms with E-state index in [1.807, 2.05) is 32.0 Å². The third kappa shape index (κ3) is 6.36. The zero-order valence-electron chi connectivity index (χ0n) is 14.1. The van der Waals surface area contributed by atoms with E-state index >= 15 is 0 Å². The normalized spacial score (nSPS) is 10.2. The van der Waals surface area contributed by atoms with E-state index in [-0.39, 0.29) is 17.5 Å². The minimum Gasteiger partial charge on any atom is -0.331 e. The van der Waals surface area contributed by atoms with E-state index in [9.17, 15) is 9.18 Å². The Balaban J connectivity index is 1.69. The molecular weight excluding hydrogens is 357 g/mol. The second kappa shape index (κ2) is 9.39. The molecule has 1 amide bonds. The van der Waals surface area contributed by atoms with Gasteiger partial charge in [0.25, 0.3) is 0 Å². The number of thioether (sulfide) groups is 1. The average Bonchev–Trinajstić information content (AvgIpc) is 2.58. The highest BCUT2D eigenvalue weighted by Crippen LogP contribution is 2.15. The Kier molecular flexibility index (Phi) is 7.21. The van der Waals surface area contributed by atoms with Crippen LogP contribution in [0.4, 0.5) is 10.1 Å². The van der Waals surface area contributed by atoms with Gasteiger partial charge in [0.05, 0.1) is 5.75 Å². The standard InChI is InChI=1S/C18H20FN3OS2/c1-12-7-8-15(9-13(12)2)20-18(24)22-21-17(23)11-25-10-14-5-3-4-6-16(14)19/h3-9H,10-11H2,1-2H3,(H,21,23)(H2,20,22,24). The Hall–Kier alpha value is -2.12. The van der Waals surface area contributed by atoms with E-state index in [0.29, 0.717) is 16.4 Å². The number of hydrogen-bond donors (Lipinski definition) is 3. The average molecular weight is 378 g/mol. The van der Waals surface area contributed by atoms with Crippen molar-refractivity contribution in [2.24, 2.45) is 0 Å². The van der Waals surface area contributed by atoms with Crippen molar-refractivity contribution in [1.29, 1.82) is 0 Å². The van der Waals surface area contributed by atoms with Gasteiger partial charge in [-0.05, 0) is 61.0 Å². The van der Waals surface area contributed by atoms with Gasteiger partial charge < -0.3 is 5.32 Å². The highest BCUT2D eigenvalue weighted by atomic mass is 32.2. The van der Waals surface area contributed by atoms with Gasteiger partial charge in [0.1, 0.15) is 5.82 Å². The number of carbonyl (C=O) groups is 1. The summed E-state index contributed by atoms with van der Waals surface area (Å²) in [6.07, 6.45) is 0. The number of carbonyl (C=O) groups excluding carboxylic acids is 1. The topological polar surface area (TPSA) is 53.2 Å². The summed E-state index contributed by atoms with van der Waals surface area (Å²) in [5.74, 6) is 0.150. The van der Waals surface area contributed by atoms with E-state index in [4.69, 9.17) is 12.2 Å². The lowest BCUT2D eigenvalue weighted by atomic mass is 10.1. The molecule has 4 nitrogen and oxygen atoms in total. The van der Waals surface area contributed by atoms with Gasteiger partial charge in [-0.3, -0.25) is 15.6 Å². The molecule has 0 spiro atoms. The molecule has 132 valence electrons. The zero-order valence-corrected chi connectivity index (χ0v) is 15.7. The molecule has 0 unspecified atom stereocenters. The van der Waals surface area contributed by atoms with Crippen LogP contribution < -0.4 is 16.2 Å². The number of amides is 1. The molecule has 2 aromatic rings. The van der Waals surface area contributed by atoms with Gasteiger partial charge in [0.15, 0.2) is 5.11 Å². The van der Waals surface area contributed by atoms with Crippen molar-refractivity contribution in [3.05, 3.63) is 65.0 Å². The molecule has 2 rings (SSSR count). The largest absolute Gasteiger partial charge is 0.331 e. The molecule has 0 radical (unpaired) electrons. The fraction of sp³-hybridized carbons (Fsp3) is 0.222. The second-order valence-corrected chi connectivity index (χ2v) is 6.90. The predicted molar refractivity (Wildman–Crippen MR) is 106 cm³/mol. The summed E-state index contributed by atoms with van der Waals surface area (Å²) in [4.78, 5) is 11.8. The van der Waals surface area contributed by atoms with E-state index in [1.165, 1.54) is 23.4 Å². The first-order chi connectivity index (χ1) is 12.0. The molecule has 25 heavy (non-hydrogen) atoms. The predicted octanol–water partition coefficient (Wildman–Crippen LogP) is 3.69. The molecule has 0 fully saturated rings. The molecule has 0 aliphatic rings. The number of aryl methyl sites for hydroxylation is 2. The second-order valence-electron chi connectivity index (χ2n) is 5.51. The summed E-state index contributed by atoms with van der Waals surface area (Å²) in [7, 11) is 0. The van der Waals surface area contributed by atoms with Crippen LogP contribution in [-0.2, 0) is 10.5 Å². The van der Waals surface area contributed by atoms with Crippen LogP contribution >= 0.6 is 24.0 Å². The number of benzene rings is 2. The highest BCUT2D eigenvalue weighted by Gasteiger charge is 2.05. The molecule has 0 aliphatic carbocycles.